The predicted octanol–water partition coefficient (Wildman–Crippen LogP) is 4.17. The molecule has 0 N–H and O–H groups in total. The van der Waals surface area contributed by atoms with Gasteiger partial charge in [-0.25, -0.2) is 4.98 Å². The standard InChI is InChI=1S/C17H14Cl2N2O2/c18-12-2-5-14(6-3-12)23-9-1-8-21-11-20-16-7-4-13(19)10-15(16)17(21)22/h2-7,10-11H,1,8-9H2. The number of ether oxygens (including phenoxy) is 1. The largest absolute Gasteiger partial charge is 0.494 e. The van der Waals surface area contributed by atoms with E-state index in [2.05, 4.69) is 4.98 Å². The number of hydrogen-bond donors (Lipinski definition) is 0. The summed E-state index contributed by atoms with van der Waals surface area (Å²) in [6, 6.07) is 12.3. The van der Waals surface area contributed by atoms with Crippen molar-refractivity contribution >= 4 is 34.1 Å². The van der Waals surface area contributed by atoms with Crippen LogP contribution >= 0.6 is 23.2 Å². The highest BCUT2D eigenvalue weighted by Crippen LogP contribution is 2.16. The summed E-state index contributed by atoms with van der Waals surface area (Å²) in [5.41, 5.74) is 0.553. The van der Waals surface area contributed by atoms with Crippen LogP contribution in [-0.4, -0.2) is 16.2 Å². The molecule has 0 bridgehead atoms. The first kappa shape index (κ1) is 15.8. The van der Waals surface area contributed by atoms with Crippen molar-refractivity contribution in [2.75, 3.05) is 6.61 Å². The molecule has 0 atom stereocenters. The van der Waals surface area contributed by atoms with Crippen molar-refractivity contribution < 1.29 is 4.74 Å². The van der Waals surface area contributed by atoms with E-state index >= 15 is 0 Å². The summed E-state index contributed by atoms with van der Waals surface area (Å²) < 4.78 is 7.19. The van der Waals surface area contributed by atoms with Crippen molar-refractivity contribution in [3.63, 3.8) is 0 Å². The summed E-state index contributed by atoms with van der Waals surface area (Å²) in [5.74, 6) is 0.755. The van der Waals surface area contributed by atoms with Gasteiger partial charge in [0.1, 0.15) is 5.75 Å². The lowest BCUT2D eigenvalue weighted by atomic mass is 10.2. The molecular weight excluding hydrogens is 335 g/mol. The lowest BCUT2D eigenvalue weighted by Crippen LogP contribution is -2.21. The third-order valence-corrected chi connectivity index (χ3v) is 3.90. The molecule has 23 heavy (non-hydrogen) atoms. The molecule has 0 saturated heterocycles. The number of aromatic nitrogens is 2. The van der Waals surface area contributed by atoms with Crippen LogP contribution in [0.2, 0.25) is 10.0 Å². The number of nitrogens with zero attached hydrogens (tertiary/aromatic N) is 2. The number of rotatable bonds is 5. The van der Waals surface area contributed by atoms with Gasteiger partial charge in [-0.05, 0) is 48.9 Å². The van der Waals surface area contributed by atoms with E-state index in [-0.39, 0.29) is 5.56 Å². The quantitative estimate of drug-likeness (QED) is 0.650. The molecule has 0 aliphatic heterocycles. The molecule has 6 heteroatoms. The Morgan fingerprint density at radius 3 is 2.57 bits per heavy atom. The minimum Gasteiger partial charge on any atom is -0.494 e. The molecule has 0 aliphatic carbocycles. The highest BCUT2D eigenvalue weighted by atomic mass is 35.5. The first-order chi connectivity index (χ1) is 11.1. The van der Waals surface area contributed by atoms with Gasteiger partial charge in [0, 0.05) is 16.6 Å². The SMILES string of the molecule is O=c1c2cc(Cl)ccc2ncn1CCCOc1ccc(Cl)cc1. The van der Waals surface area contributed by atoms with Crippen molar-refractivity contribution in [1.29, 1.82) is 0 Å². The van der Waals surface area contributed by atoms with Crippen LogP contribution < -0.4 is 10.3 Å². The summed E-state index contributed by atoms with van der Waals surface area (Å²) in [6.07, 6.45) is 2.25. The highest BCUT2D eigenvalue weighted by Gasteiger charge is 2.05. The van der Waals surface area contributed by atoms with Gasteiger partial charge in [0.2, 0.25) is 0 Å². The molecule has 0 aliphatic rings. The monoisotopic (exact) mass is 348 g/mol. The van der Waals surface area contributed by atoms with Crippen LogP contribution in [0.15, 0.2) is 53.6 Å². The van der Waals surface area contributed by atoms with Gasteiger partial charge in [-0.1, -0.05) is 23.2 Å². The number of hydrogen-bond acceptors (Lipinski definition) is 3. The summed E-state index contributed by atoms with van der Waals surface area (Å²) >= 11 is 11.8. The second-order valence-corrected chi connectivity index (χ2v) is 5.93. The van der Waals surface area contributed by atoms with E-state index < -0.39 is 0 Å². The molecule has 0 spiro atoms. The van der Waals surface area contributed by atoms with E-state index in [0.717, 1.165) is 5.75 Å². The summed E-state index contributed by atoms with van der Waals surface area (Å²) in [7, 11) is 0. The second-order valence-electron chi connectivity index (χ2n) is 5.06. The van der Waals surface area contributed by atoms with Crippen LogP contribution in [-0.2, 0) is 6.54 Å². The fraction of sp³-hybridized carbons (Fsp3) is 0.176. The van der Waals surface area contributed by atoms with Crippen LogP contribution in [0.25, 0.3) is 10.9 Å². The van der Waals surface area contributed by atoms with Crippen molar-refractivity contribution in [1.82, 2.24) is 9.55 Å². The number of aryl methyl sites for hydroxylation is 1. The molecule has 0 radical (unpaired) electrons. The zero-order valence-electron chi connectivity index (χ0n) is 12.2. The van der Waals surface area contributed by atoms with Crippen LogP contribution in [0, 0.1) is 0 Å². The van der Waals surface area contributed by atoms with Crippen molar-refractivity contribution in [3.05, 3.63) is 69.2 Å². The Labute approximate surface area is 143 Å². The Hall–Kier alpha value is -2.04. The van der Waals surface area contributed by atoms with E-state index in [0.29, 0.717) is 40.5 Å². The van der Waals surface area contributed by atoms with E-state index in [1.807, 2.05) is 12.1 Å². The maximum Gasteiger partial charge on any atom is 0.261 e. The topological polar surface area (TPSA) is 44.1 Å². The first-order valence-electron chi connectivity index (χ1n) is 7.16. The fourth-order valence-electron chi connectivity index (χ4n) is 2.25. The molecule has 0 fully saturated rings. The molecule has 1 heterocycles. The Morgan fingerprint density at radius 2 is 1.78 bits per heavy atom. The minimum atomic E-state index is -0.0935. The average molecular weight is 349 g/mol. The maximum absolute atomic E-state index is 12.4. The van der Waals surface area contributed by atoms with Gasteiger partial charge in [0.05, 0.1) is 23.8 Å². The smallest absolute Gasteiger partial charge is 0.261 e. The Morgan fingerprint density at radius 1 is 1.04 bits per heavy atom. The average Bonchev–Trinajstić information content (AvgIpc) is 2.55. The van der Waals surface area contributed by atoms with Crippen molar-refractivity contribution in [2.45, 2.75) is 13.0 Å². The maximum atomic E-state index is 12.4. The summed E-state index contributed by atoms with van der Waals surface area (Å²) in [6.45, 7) is 1.03. The zero-order chi connectivity index (χ0) is 16.2. The second kappa shape index (κ2) is 7.02. The lowest BCUT2D eigenvalue weighted by molar-refractivity contribution is 0.301. The molecule has 1 aromatic heterocycles. The molecule has 0 saturated carbocycles. The van der Waals surface area contributed by atoms with Gasteiger partial charge in [-0.15, -0.1) is 0 Å². The van der Waals surface area contributed by atoms with E-state index in [4.69, 9.17) is 27.9 Å². The molecular formula is C17H14Cl2N2O2. The van der Waals surface area contributed by atoms with Crippen LogP contribution in [0.1, 0.15) is 6.42 Å². The third kappa shape index (κ3) is 3.84. The van der Waals surface area contributed by atoms with Crippen LogP contribution in [0.5, 0.6) is 5.75 Å². The first-order valence-corrected chi connectivity index (χ1v) is 7.92. The summed E-state index contributed by atoms with van der Waals surface area (Å²) in [4.78, 5) is 16.7. The third-order valence-electron chi connectivity index (χ3n) is 3.41. The van der Waals surface area contributed by atoms with E-state index in [1.165, 1.54) is 0 Å². The van der Waals surface area contributed by atoms with E-state index in [9.17, 15) is 4.79 Å². The fourth-order valence-corrected chi connectivity index (χ4v) is 2.54. The molecule has 3 rings (SSSR count). The summed E-state index contributed by atoms with van der Waals surface area (Å²) in [5, 5.41) is 1.73. The number of halogens is 2. The lowest BCUT2D eigenvalue weighted by Gasteiger charge is -2.08. The minimum absolute atomic E-state index is 0.0935. The van der Waals surface area contributed by atoms with Gasteiger partial charge in [0.25, 0.3) is 5.56 Å². The molecule has 3 aromatic rings. The van der Waals surface area contributed by atoms with Crippen LogP contribution in [0.4, 0.5) is 0 Å². The Bertz CT molecular complexity index is 876. The van der Waals surface area contributed by atoms with Gasteiger partial charge < -0.3 is 4.74 Å². The van der Waals surface area contributed by atoms with Crippen molar-refractivity contribution in [2.24, 2.45) is 0 Å². The Balaban J connectivity index is 1.64. The number of benzene rings is 2. The normalized spacial score (nSPS) is 10.9. The molecule has 118 valence electrons. The van der Waals surface area contributed by atoms with Gasteiger partial charge in [-0.2, -0.15) is 0 Å². The zero-order valence-corrected chi connectivity index (χ0v) is 13.7. The Kier molecular flexibility index (Phi) is 4.84. The molecule has 0 unspecified atom stereocenters. The van der Waals surface area contributed by atoms with Crippen LogP contribution in [0.3, 0.4) is 0 Å². The molecule has 4 nitrogen and oxygen atoms in total. The highest BCUT2D eigenvalue weighted by molar-refractivity contribution is 6.31. The van der Waals surface area contributed by atoms with Gasteiger partial charge >= 0.3 is 0 Å². The number of fused-ring (bicyclic) bond motifs is 1. The molecule has 0 amide bonds. The van der Waals surface area contributed by atoms with Crippen molar-refractivity contribution in [3.8, 4) is 5.75 Å². The van der Waals surface area contributed by atoms with Gasteiger partial charge in [0.15, 0.2) is 0 Å². The van der Waals surface area contributed by atoms with E-state index in [1.54, 1.807) is 41.2 Å². The molecule has 2 aromatic carbocycles. The van der Waals surface area contributed by atoms with Gasteiger partial charge in [-0.3, -0.25) is 9.36 Å². The predicted molar refractivity (Wildman–Crippen MR) is 92.6 cm³/mol.